The predicted molar refractivity (Wildman–Crippen MR) is 102 cm³/mol. The molecule has 0 atom stereocenters. The number of anilines is 2. The second-order valence-corrected chi connectivity index (χ2v) is 6.87. The molecule has 0 aliphatic rings. The third-order valence-electron chi connectivity index (χ3n) is 4.31. The molecule has 154 valence electrons. The van der Waals surface area contributed by atoms with E-state index in [0.29, 0.717) is 34.4 Å². The van der Waals surface area contributed by atoms with Crippen molar-refractivity contribution in [3.8, 4) is 5.75 Å². The molecule has 0 saturated carbocycles. The molecular weight excluding hydrogens is 457 g/mol. The Kier molecular flexibility index (Phi) is 5.64. The van der Waals surface area contributed by atoms with E-state index in [0.717, 1.165) is 0 Å². The molecule has 2 aromatic heterocycles. The number of carbonyl (C=O) groups is 1. The summed E-state index contributed by atoms with van der Waals surface area (Å²) in [4.78, 5) is 21.2. The molecule has 0 saturated heterocycles. The number of nitrogen functional groups attached to an aromatic ring is 1. The Morgan fingerprint density at radius 1 is 1.41 bits per heavy atom. The first-order valence-corrected chi connectivity index (χ1v) is 9.20. The number of nitrogens with zero attached hydrogens (tertiary/aromatic N) is 5. The van der Waals surface area contributed by atoms with Gasteiger partial charge < -0.3 is 10.5 Å². The first kappa shape index (κ1) is 20.8. The maximum Gasteiger partial charge on any atom is 0.573 e. The van der Waals surface area contributed by atoms with Crippen molar-refractivity contribution >= 4 is 45.0 Å². The van der Waals surface area contributed by atoms with Crippen LogP contribution in [0.2, 0.25) is 0 Å². The minimum atomic E-state index is -4.78. The summed E-state index contributed by atoms with van der Waals surface area (Å²) in [6.07, 6.45) is -2.80. The number of amides is 1. The van der Waals surface area contributed by atoms with Crippen LogP contribution in [0.5, 0.6) is 5.75 Å². The number of imidazole rings is 1. The van der Waals surface area contributed by atoms with Gasteiger partial charge in [0.25, 0.3) is 5.82 Å². The molecule has 29 heavy (non-hydrogen) atoms. The standard InChI is InChI=1S/C17H17BrF3N6O2/c1-3-27-12-6-10(29-17(19,20)21)4-5-11(12)25(2)14(27)8-26(9-28)16-15(22)23-7-13(18)24-16/h4-7,9H,3,8H2,1-2H3,(H2,22,23)/q+1. The maximum absolute atomic E-state index is 12.6. The summed E-state index contributed by atoms with van der Waals surface area (Å²) in [7, 11) is 1.76. The molecule has 1 amide bonds. The Morgan fingerprint density at radius 3 is 2.76 bits per heavy atom. The molecule has 12 heteroatoms. The fourth-order valence-electron chi connectivity index (χ4n) is 3.10. The lowest BCUT2D eigenvalue weighted by Gasteiger charge is -2.16. The van der Waals surface area contributed by atoms with Crippen LogP contribution >= 0.6 is 15.9 Å². The van der Waals surface area contributed by atoms with E-state index in [9.17, 15) is 18.0 Å². The number of alkyl halides is 3. The lowest BCUT2D eigenvalue weighted by molar-refractivity contribution is -0.653. The van der Waals surface area contributed by atoms with Crippen molar-refractivity contribution in [2.75, 3.05) is 10.6 Å². The Bertz CT molecular complexity index is 1070. The summed E-state index contributed by atoms with van der Waals surface area (Å²) in [5.41, 5.74) is 7.06. The lowest BCUT2D eigenvalue weighted by Crippen LogP contribution is -2.38. The predicted octanol–water partition coefficient (Wildman–Crippen LogP) is 2.68. The van der Waals surface area contributed by atoms with Gasteiger partial charge in [-0.25, -0.2) is 19.1 Å². The smallest absolute Gasteiger partial charge is 0.406 e. The molecule has 1 aromatic carbocycles. The Labute approximate surface area is 171 Å². The average molecular weight is 474 g/mol. The van der Waals surface area contributed by atoms with Crippen molar-refractivity contribution in [2.24, 2.45) is 7.05 Å². The normalized spacial score (nSPS) is 11.7. The van der Waals surface area contributed by atoms with E-state index in [1.165, 1.54) is 29.3 Å². The molecule has 0 aliphatic heterocycles. The van der Waals surface area contributed by atoms with Gasteiger partial charge in [-0.3, -0.25) is 9.69 Å². The van der Waals surface area contributed by atoms with Crippen LogP contribution in [-0.4, -0.2) is 27.3 Å². The molecule has 2 N–H and O–H groups in total. The highest BCUT2D eigenvalue weighted by Gasteiger charge is 2.32. The number of fused-ring (bicyclic) bond motifs is 1. The number of halogens is 4. The van der Waals surface area contributed by atoms with Gasteiger partial charge in [-0.15, -0.1) is 13.2 Å². The molecule has 2 heterocycles. The fourth-order valence-corrected chi connectivity index (χ4v) is 3.37. The van der Waals surface area contributed by atoms with Gasteiger partial charge in [0.1, 0.15) is 16.9 Å². The van der Waals surface area contributed by atoms with Crippen LogP contribution in [0.3, 0.4) is 0 Å². The quantitative estimate of drug-likeness (QED) is 0.439. The monoisotopic (exact) mass is 473 g/mol. The van der Waals surface area contributed by atoms with Gasteiger partial charge in [-0.2, -0.15) is 0 Å². The summed E-state index contributed by atoms with van der Waals surface area (Å²) in [5, 5.41) is 0. The van der Waals surface area contributed by atoms with Gasteiger partial charge in [-0.05, 0) is 35.0 Å². The number of hydrogen-bond donors (Lipinski definition) is 1. The lowest BCUT2D eigenvalue weighted by atomic mass is 10.3. The summed E-state index contributed by atoms with van der Waals surface area (Å²) >= 11 is 3.19. The molecule has 3 rings (SSSR count). The summed E-state index contributed by atoms with van der Waals surface area (Å²) in [6, 6.07) is 4.09. The van der Waals surface area contributed by atoms with E-state index in [1.807, 2.05) is 6.92 Å². The molecule has 0 unspecified atom stereocenters. The molecule has 8 nitrogen and oxygen atoms in total. The summed E-state index contributed by atoms with van der Waals surface area (Å²) < 4.78 is 45.7. The van der Waals surface area contributed by atoms with Crippen molar-refractivity contribution in [2.45, 2.75) is 26.4 Å². The number of benzene rings is 1. The zero-order chi connectivity index (χ0) is 21.3. The number of aromatic nitrogens is 4. The Balaban J connectivity index is 2.07. The third-order valence-corrected chi connectivity index (χ3v) is 4.69. The fraction of sp³-hybridized carbons (Fsp3) is 0.294. The van der Waals surface area contributed by atoms with Crippen LogP contribution in [0.1, 0.15) is 12.7 Å². The van der Waals surface area contributed by atoms with Gasteiger partial charge >= 0.3 is 6.36 Å². The summed E-state index contributed by atoms with van der Waals surface area (Å²) in [6.45, 7) is 2.38. The number of hydrogen-bond acceptors (Lipinski definition) is 5. The van der Waals surface area contributed by atoms with Crippen molar-refractivity contribution in [3.05, 3.63) is 34.8 Å². The second-order valence-electron chi connectivity index (χ2n) is 6.05. The highest BCUT2D eigenvalue weighted by Crippen LogP contribution is 2.27. The zero-order valence-corrected chi connectivity index (χ0v) is 17.0. The van der Waals surface area contributed by atoms with Crippen molar-refractivity contribution < 1.29 is 27.3 Å². The second kappa shape index (κ2) is 7.85. The topological polar surface area (TPSA) is 90.2 Å². The van der Waals surface area contributed by atoms with Crippen molar-refractivity contribution in [1.82, 2.24) is 14.5 Å². The van der Waals surface area contributed by atoms with Gasteiger partial charge in [0.05, 0.1) is 19.8 Å². The van der Waals surface area contributed by atoms with Crippen LogP contribution in [0.25, 0.3) is 11.0 Å². The van der Waals surface area contributed by atoms with Crippen LogP contribution in [-0.2, 0) is 24.9 Å². The molecule has 0 fully saturated rings. The van der Waals surface area contributed by atoms with Crippen LogP contribution in [0, 0.1) is 0 Å². The first-order chi connectivity index (χ1) is 13.6. The zero-order valence-electron chi connectivity index (χ0n) is 15.4. The third kappa shape index (κ3) is 4.26. The van der Waals surface area contributed by atoms with Gasteiger partial charge in [0, 0.05) is 6.07 Å². The number of aryl methyl sites for hydroxylation is 2. The number of nitrogens with two attached hydrogens (primary N) is 1. The van der Waals surface area contributed by atoms with Gasteiger partial charge in [-0.1, -0.05) is 0 Å². The van der Waals surface area contributed by atoms with E-state index in [1.54, 1.807) is 16.2 Å². The van der Waals surface area contributed by atoms with Crippen molar-refractivity contribution in [1.29, 1.82) is 0 Å². The van der Waals surface area contributed by atoms with Crippen LogP contribution in [0.4, 0.5) is 24.8 Å². The maximum atomic E-state index is 12.6. The average Bonchev–Trinajstić information content (AvgIpc) is 2.91. The molecule has 0 radical (unpaired) electrons. The van der Waals surface area contributed by atoms with E-state index in [2.05, 4.69) is 30.6 Å². The Hall–Kier alpha value is -2.89. The SMILES string of the molecule is CCn1c(CN(C=O)c2nc(Br)cnc2N)[n+](C)c2ccc(OC(F)(F)F)cc21. The molecule has 0 spiro atoms. The summed E-state index contributed by atoms with van der Waals surface area (Å²) in [5.74, 6) is 0.574. The number of carbonyl (C=O) groups excluding carboxylic acids is 1. The van der Waals surface area contributed by atoms with E-state index in [-0.39, 0.29) is 23.9 Å². The molecule has 0 aliphatic carbocycles. The number of ether oxygens (including phenoxy) is 1. The molecular formula is C17H17BrF3N6O2+. The van der Waals surface area contributed by atoms with Crippen LogP contribution in [0.15, 0.2) is 29.0 Å². The molecule has 3 aromatic rings. The van der Waals surface area contributed by atoms with Crippen molar-refractivity contribution in [3.63, 3.8) is 0 Å². The van der Waals surface area contributed by atoms with Crippen LogP contribution < -0.4 is 19.9 Å². The highest BCUT2D eigenvalue weighted by atomic mass is 79.9. The Morgan fingerprint density at radius 2 is 2.14 bits per heavy atom. The highest BCUT2D eigenvalue weighted by molar-refractivity contribution is 9.10. The minimum Gasteiger partial charge on any atom is -0.406 e. The minimum absolute atomic E-state index is 0.0722. The number of rotatable bonds is 6. The van der Waals surface area contributed by atoms with E-state index >= 15 is 0 Å². The first-order valence-electron chi connectivity index (χ1n) is 8.41. The van der Waals surface area contributed by atoms with Gasteiger partial charge in [0.2, 0.25) is 6.41 Å². The largest absolute Gasteiger partial charge is 0.573 e. The van der Waals surface area contributed by atoms with E-state index in [4.69, 9.17) is 5.73 Å². The van der Waals surface area contributed by atoms with E-state index < -0.39 is 6.36 Å². The molecule has 0 bridgehead atoms. The van der Waals surface area contributed by atoms with Gasteiger partial charge in [0.15, 0.2) is 22.7 Å².